The van der Waals surface area contributed by atoms with Crippen LogP contribution in [0.15, 0.2) is 12.1 Å². The lowest BCUT2D eigenvalue weighted by molar-refractivity contribution is -0.0503. The third kappa shape index (κ3) is 2.81. The Labute approximate surface area is 95.3 Å². The molecule has 0 spiro atoms. The smallest absolute Gasteiger partial charge is 0.387 e. The molecular formula is C10H8F2N2O3. The molecule has 0 aromatic heterocycles. The Morgan fingerprint density at radius 3 is 2.65 bits per heavy atom. The second-order valence-corrected chi connectivity index (χ2v) is 2.92. The zero-order valence-corrected chi connectivity index (χ0v) is 8.74. The molecule has 0 amide bonds. The molecule has 0 radical (unpaired) electrons. The first-order chi connectivity index (χ1) is 7.99. The van der Waals surface area contributed by atoms with Crippen LogP contribution in [-0.4, -0.2) is 19.7 Å². The van der Waals surface area contributed by atoms with Crippen molar-refractivity contribution in [2.24, 2.45) is 0 Å². The molecule has 0 heterocycles. The Kier molecular flexibility index (Phi) is 3.82. The number of anilines is 1. The van der Waals surface area contributed by atoms with Gasteiger partial charge < -0.3 is 15.2 Å². The molecule has 0 aliphatic rings. The van der Waals surface area contributed by atoms with Crippen LogP contribution < -0.4 is 10.5 Å². The monoisotopic (exact) mass is 242 g/mol. The molecule has 0 fully saturated rings. The number of rotatable bonds is 3. The first-order valence-corrected chi connectivity index (χ1v) is 4.36. The predicted octanol–water partition coefficient (Wildman–Crippen LogP) is 1.53. The molecule has 0 aliphatic heterocycles. The van der Waals surface area contributed by atoms with Gasteiger partial charge in [0.2, 0.25) is 0 Å². The zero-order chi connectivity index (χ0) is 13.0. The fraction of sp³-hybridized carbons (Fsp3) is 0.200. The Bertz CT molecular complexity index is 483. The molecule has 0 unspecified atom stereocenters. The summed E-state index contributed by atoms with van der Waals surface area (Å²) in [6.07, 6.45) is 0. The van der Waals surface area contributed by atoms with Gasteiger partial charge in [-0.15, -0.1) is 0 Å². The van der Waals surface area contributed by atoms with E-state index in [0.717, 1.165) is 19.2 Å². The summed E-state index contributed by atoms with van der Waals surface area (Å²) < 4.78 is 32.7. The highest BCUT2D eigenvalue weighted by Crippen LogP contribution is 2.27. The number of nitrogen functional groups attached to an aromatic ring is 1. The zero-order valence-electron chi connectivity index (χ0n) is 8.74. The van der Waals surface area contributed by atoms with E-state index in [1.807, 2.05) is 0 Å². The Hall–Kier alpha value is -2.36. The minimum Gasteiger partial charge on any atom is -0.465 e. The van der Waals surface area contributed by atoms with Crippen molar-refractivity contribution in [3.05, 3.63) is 23.3 Å². The molecule has 7 heteroatoms. The molecule has 0 aliphatic carbocycles. The van der Waals surface area contributed by atoms with Crippen LogP contribution in [0.25, 0.3) is 0 Å². The molecule has 1 aromatic carbocycles. The van der Waals surface area contributed by atoms with Crippen molar-refractivity contribution in [3.8, 4) is 11.8 Å². The van der Waals surface area contributed by atoms with Crippen LogP contribution in [0, 0.1) is 11.3 Å². The van der Waals surface area contributed by atoms with Gasteiger partial charge in [-0.1, -0.05) is 0 Å². The van der Waals surface area contributed by atoms with Gasteiger partial charge in [0.05, 0.1) is 18.4 Å². The van der Waals surface area contributed by atoms with Crippen LogP contribution in [0.1, 0.15) is 15.9 Å². The second kappa shape index (κ2) is 5.12. The number of nitrogens with two attached hydrogens (primary N) is 1. The lowest BCUT2D eigenvalue weighted by atomic mass is 10.1. The number of nitriles is 1. The van der Waals surface area contributed by atoms with Crippen molar-refractivity contribution < 1.29 is 23.0 Å². The number of esters is 1. The number of benzene rings is 1. The van der Waals surface area contributed by atoms with Crippen molar-refractivity contribution >= 4 is 11.7 Å². The van der Waals surface area contributed by atoms with Gasteiger partial charge >= 0.3 is 12.6 Å². The average Bonchev–Trinajstić information content (AvgIpc) is 2.27. The van der Waals surface area contributed by atoms with Crippen molar-refractivity contribution in [1.29, 1.82) is 5.26 Å². The normalized spacial score (nSPS) is 9.82. The van der Waals surface area contributed by atoms with Crippen molar-refractivity contribution in [2.45, 2.75) is 6.61 Å². The summed E-state index contributed by atoms with van der Waals surface area (Å²) in [6.45, 7) is -3.11. The summed E-state index contributed by atoms with van der Waals surface area (Å²) in [7, 11) is 1.08. The van der Waals surface area contributed by atoms with Crippen LogP contribution >= 0.6 is 0 Å². The molecule has 5 nitrogen and oxygen atoms in total. The SMILES string of the molecule is COC(=O)c1cc(C#N)c(N)cc1OC(F)F. The number of methoxy groups -OCH3 is 1. The largest absolute Gasteiger partial charge is 0.465 e. The van der Waals surface area contributed by atoms with Crippen LogP contribution in [0.2, 0.25) is 0 Å². The van der Waals surface area contributed by atoms with E-state index in [-0.39, 0.29) is 16.8 Å². The van der Waals surface area contributed by atoms with Gasteiger partial charge in [0.25, 0.3) is 0 Å². The number of nitrogens with zero attached hydrogens (tertiary/aromatic N) is 1. The van der Waals surface area contributed by atoms with Gasteiger partial charge in [-0.3, -0.25) is 0 Å². The van der Waals surface area contributed by atoms with Gasteiger partial charge in [0, 0.05) is 6.07 Å². The predicted molar refractivity (Wildman–Crippen MR) is 53.5 cm³/mol. The molecule has 0 saturated heterocycles. The highest BCUT2D eigenvalue weighted by atomic mass is 19.3. The van der Waals surface area contributed by atoms with E-state index in [9.17, 15) is 13.6 Å². The van der Waals surface area contributed by atoms with Gasteiger partial charge in [-0.25, -0.2) is 4.79 Å². The van der Waals surface area contributed by atoms with Crippen LogP contribution in [0.4, 0.5) is 14.5 Å². The van der Waals surface area contributed by atoms with Gasteiger partial charge in [0.15, 0.2) is 0 Å². The number of hydrogen-bond acceptors (Lipinski definition) is 5. The van der Waals surface area contributed by atoms with E-state index in [4.69, 9.17) is 11.0 Å². The third-order valence-corrected chi connectivity index (χ3v) is 1.89. The maximum Gasteiger partial charge on any atom is 0.387 e. The molecule has 1 aromatic rings. The fourth-order valence-electron chi connectivity index (χ4n) is 1.16. The summed E-state index contributed by atoms with van der Waals surface area (Å²) in [6, 6.07) is 3.74. The summed E-state index contributed by atoms with van der Waals surface area (Å²) in [5.41, 5.74) is 5.06. The first-order valence-electron chi connectivity index (χ1n) is 4.36. The number of carbonyl (C=O) groups is 1. The van der Waals surface area contributed by atoms with Gasteiger partial charge in [-0.2, -0.15) is 14.0 Å². The van der Waals surface area contributed by atoms with Crippen molar-refractivity contribution in [2.75, 3.05) is 12.8 Å². The number of hydrogen-bond donors (Lipinski definition) is 1. The summed E-state index contributed by atoms with van der Waals surface area (Å²) >= 11 is 0. The highest BCUT2D eigenvalue weighted by molar-refractivity contribution is 5.94. The average molecular weight is 242 g/mol. The van der Waals surface area contributed by atoms with E-state index >= 15 is 0 Å². The number of halogens is 2. The molecule has 90 valence electrons. The highest BCUT2D eigenvalue weighted by Gasteiger charge is 2.19. The maximum absolute atomic E-state index is 12.1. The van der Waals surface area contributed by atoms with Gasteiger partial charge in [-0.05, 0) is 6.07 Å². The number of alkyl halides is 2. The maximum atomic E-state index is 12.1. The fourth-order valence-corrected chi connectivity index (χ4v) is 1.16. The first kappa shape index (κ1) is 12.7. The minimum atomic E-state index is -3.11. The topological polar surface area (TPSA) is 85.3 Å². The van der Waals surface area contributed by atoms with E-state index in [1.165, 1.54) is 0 Å². The molecule has 0 saturated carbocycles. The van der Waals surface area contributed by atoms with Crippen LogP contribution in [-0.2, 0) is 4.74 Å². The Morgan fingerprint density at radius 1 is 1.53 bits per heavy atom. The van der Waals surface area contributed by atoms with E-state index in [0.29, 0.717) is 0 Å². The minimum absolute atomic E-state index is 0.0213. The van der Waals surface area contributed by atoms with Gasteiger partial charge in [0.1, 0.15) is 17.4 Å². The summed E-state index contributed by atoms with van der Waals surface area (Å²) in [5, 5.41) is 8.70. The van der Waals surface area contributed by atoms with E-state index in [2.05, 4.69) is 9.47 Å². The molecule has 17 heavy (non-hydrogen) atoms. The van der Waals surface area contributed by atoms with Crippen molar-refractivity contribution in [3.63, 3.8) is 0 Å². The van der Waals surface area contributed by atoms with Crippen LogP contribution in [0.5, 0.6) is 5.75 Å². The molecular weight excluding hydrogens is 234 g/mol. The lowest BCUT2D eigenvalue weighted by Crippen LogP contribution is -2.10. The number of carbonyl (C=O) groups excluding carboxylic acids is 1. The van der Waals surface area contributed by atoms with E-state index in [1.54, 1.807) is 6.07 Å². The third-order valence-electron chi connectivity index (χ3n) is 1.89. The Morgan fingerprint density at radius 2 is 2.18 bits per heavy atom. The molecule has 0 atom stereocenters. The van der Waals surface area contributed by atoms with Crippen molar-refractivity contribution in [1.82, 2.24) is 0 Å². The standard InChI is InChI=1S/C10H8F2N2O3/c1-16-9(15)6-2-5(4-13)7(14)3-8(6)17-10(11)12/h2-3,10H,14H2,1H3. The molecule has 0 bridgehead atoms. The van der Waals surface area contributed by atoms with Crippen LogP contribution in [0.3, 0.4) is 0 Å². The van der Waals surface area contributed by atoms with E-state index < -0.39 is 18.3 Å². The molecule has 1 rings (SSSR count). The summed E-state index contributed by atoms with van der Waals surface area (Å²) in [5.74, 6) is -1.32. The lowest BCUT2D eigenvalue weighted by Gasteiger charge is -2.10. The summed E-state index contributed by atoms with van der Waals surface area (Å²) in [4.78, 5) is 11.3. The quantitative estimate of drug-likeness (QED) is 0.641. The number of ether oxygens (including phenoxy) is 2. The second-order valence-electron chi connectivity index (χ2n) is 2.92. The Balaban J connectivity index is 3.32. The molecule has 2 N–H and O–H groups in total.